The molecule has 0 bridgehead atoms. The molecule has 0 aromatic heterocycles. The highest BCUT2D eigenvalue weighted by Crippen LogP contribution is 2.19. The van der Waals surface area contributed by atoms with Crippen molar-refractivity contribution in [2.24, 2.45) is 5.10 Å². The molecule has 6 heteroatoms. The van der Waals surface area contributed by atoms with Crippen molar-refractivity contribution >= 4 is 23.7 Å². The Morgan fingerprint density at radius 1 is 1.04 bits per heavy atom. The van der Waals surface area contributed by atoms with Crippen LogP contribution in [0.3, 0.4) is 0 Å². The zero-order valence-electron chi connectivity index (χ0n) is 15.3. The maximum absolute atomic E-state index is 12.2. The van der Waals surface area contributed by atoms with Crippen LogP contribution in [0.1, 0.15) is 21.5 Å². The molecule has 3 rings (SSSR count). The molecule has 0 aliphatic carbocycles. The molecular weight excluding hydrogens is 376 g/mol. The number of carbonyl (C=O) groups is 1. The van der Waals surface area contributed by atoms with E-state index in [1.54, 1.807) is 30.5 Å². The van der Waals surface area contributed by atoms with E-state index in [1.165, 1.54) is 7.11 Å². The van der Waals surface area contributed by atoms with Gasteiger partial charge in [-0.3, -0.25) is 4.79 Å². The second-order valence-electron chi connectivity index (χ2n) is 5.85. The van der Waals surface area contributed by atoms with Crippen molar-refractivity contribution in [2.45, 2.75) is 6.61 Å². The molecule has 0 heterocycles. The minimum absolute atomic E-state index is 0.339. The third-order valence-electron chi connectivity index (χ3n) is 3.96. The quantitative estimate of drug-likeness (QED) is 0.467. The zero-order valence-corrected chi connectivity index (χ0v) is 16.0. The van der Waals surface area contributed by atoms with E-state index < -0.39 is 0 Å². The highest BCUT2D eigenvalue weighted by atomic mass is 35.5. The molecule has 0 spiro atoms. The molecule has 28 heavy (non-hydrogen) atoms. The lowest BCUT2D eigenvalue weighted by molar-refractivity contribution is 0.0952. The maximum Gasteiger partial charge on any atom is 0.275 e. The fourth-order valence-corrected chi connectivity index (χ4v) is 2.67. The van der Waals surface area contributed by atoms with Gasteiger partial charge >= 0.3 is 0 Å². The minimum Gasteiger partial charge on any atom is -0.496 e. The van der Waals surface area contributed by atoms with Crippen molar-refractivity contribution in [2.75, 3.05) is 7.11 Å². The van der Waals surface area contributed by atoms with Crippen LogP contribution in [0.15, 0.2) is 77.9 Å². The summed E-state index contributed by atoms with van der Waals surface area (Å²) in [5.41, 5.74) is 4.67. The van der Waals surface area contributed by atoms with E-state index >= 15 is 0 Å². The molecule has 0 radical (unpaired) electrons. The number of para-hydroxylation sites is 1. The summed E-state index contributed by atoms with van der Waals surface area (Å²) in [6, 6.07) is 21.9. The molecule has 0 fully saturated rings. The normalized spacial score (nSPS) is 10.6. The summed E-state index contributed by atoms with van der Waals surface area (Å²) in [6.45, 7) is 0.391. The smallest absolute Gasteiger partial charge is 0.275 e. The number of benzene rings is 3. The topological polar surface area (TPSA) is 59.9 Å². The minimum atomic E-state index is -0.339. The van der Waals surface area contributed by atoms with Gasteiger partial charge in [-0.15, -0.1) is 0 Å². The molecule has 1 amide bonds. The molecule has 0 aliphatic rings. The third-order valence-corrected chi connectivity index (χ3v) is 4.33. The number of ether oxygens (including phenoxy) is 2. The number of amides is 1. The van der Waals surface area contributed by atoms with E-state index in [-0.39, 0.29) is 5.91 Å². The van der Waals surface area contributed by atoms with Gasteiger partial charge in [0.25, 0.3) is 5.91 Å². The van der Waals surface area contributed by atoms with Crippen LogP contribution < -0.4 is 14.9 Å². The summed E-state index contributed by atoms with van der Waals surface area (Å²) in [5, 5.41) is 4.67. The molecule has 1 N–H and O–H groups in total. The monoisotopic (exact) mass is 394 g/mol. The number of halogens is 1. The first-order valence-corrected chi connectivity index (χ1v) is 8.98. The SMILES string of the molecule is COc1ccccc1C(=O)NN=Cc1ccc(OCc2ccccc2Cl)cc1. The van der Waals surface area contributed by atoms with Crippen molar-refractivity contribution in [1.29, 1.82) is 0 Å². The lowest BCUT2D eigenvalue weighted by Crippen LogP contribution is -2.18. The Hall–Kier alpha value is -3.31. The number of nitrogens with zero attached hydrogens (tertiary/aromatic N) is 1. The van der Waals surface area contributed by atoms with Crippen molar-refractivity contribution in [1.82, 2.24) is 5.43 Å². The van der Waals surface area contributed by atoms with Crippen LogP contribution in [0.4, 0.5) is 0 Å². The average molecular weight is 395 g/mol. The van der Waals surface area contributed by atoms with Gasteiger partial charge in [-0.1, -0.05) is 41.9 Å². The largest absolute Gasteiger partial charge is 0.496 e. The van der Waals surface area contributed by atoms with Crippen molar-refractivity contribution in [3.63, 3.8) is 0 Å². The average Bonchev–Trinajstić information content (AvgIpc) is 2.74. The molecule has 0 unspecified atom stereocenters. The highest BCUT2D eigenvalue weighted by molar-refractivity contribution is 6.31. The first-order chi connectivity index (χ1) is 13.7. The van der Waals surface area contributed by atoms with Gasteiger partial charge < -0.3 is 9.47 Å². The standard InChI is InChI=1S/C22H19ClN2O3/c1-27-21-9-5-3-7-19(21)22(26)25-24-14-16-10-12-18(13-11-16)28-15-17-6-2-4-8-20(17)23/h2-14H,15H2,1H3,(H,25,26). The summed E-state index contributed by atoms with van der Waals surface area (Å²) in [7, 11) is 1.52. The summed E-state index contributed by atoms with van der Waals surface area (Å²) < 4.78 is 10.9. The first-order valence-electron chi connectivity index (χ1n) is 8.60. The van der Waals surface area contributed by atoms with Gasteiger partial charge in [-0.05, 0) is 48.0 Å². The van der Waals surface area contributed by atoms with E-state index in [9.17, 15) is 4.79 Å². The van der Waals surface area contributed by atoms with Gasteiger partial charge in [0.15, 0.2) is 0 Å². The number of nitrogens with one attached hydrogen (secondary N) is 1. The Kier molecular flexibility index (Phi) is 6.65. The van der Waals surface area contributed by atoms with Crippen LogP contribution in [0.2, 0.25) is 5.02 Å². The fourth-order valence-electron chi connectivity index (χ4n) is 2.48. The van der Waals surface area contributed by atoms with Gasteiger partial charge in [-0.25, -0.2) is 5.43 Å². The Labute approximate surface area is 168 Å². The van der Waals surface area contributed by atoms with E-state index in [2.05, 4.69) is 10.5 Å². The number of methoxy groups -OCH3 is 1. The third kappa shape index (κ3) is 5.11. The molecule has 0 aliphatic heterocycles. The molecular formula is C22H19ClN2O3. The molecule has 0 saturated heterocycles. The van der Waals surface area contributed by atoms with E-state index in [0.717, 1.165) is 16.9 Å². The summed E-state index contributed by atoms with van der Waals surface area (Å²) in [4.78, 5) is 12.2. The van der Waals surface area contributed by atoms with Gasteiger partial charge in [0.1, 0.15) is 18.1 Å². The second kappa shape index (κ2) is 9.58. The molecule has 142 valence electrons. The lowest BCUT2D eigenvalue weighted by atomic mass is 10.2. The van der Waals surface area contributed by atoms with Crippen molar-refractivity contribution in [3.8, 4) is 11.5 Å². The van der Waals surface area contributed by atoms with Gasteiger partial charge in [0, 0.05) is 10.6 Å². The molecule has 0 saturated carbocycles. The van der Waals surface area contributed by atoms with Crippen molar-refractivity contribution in [3.05, 3.63) is 94.5 Å². The molecule has 3 aromatic carbocycles. The van der Waals surface area contributed by atoms with Crippen LogP contribution in [-0.2, 0) is 6.61 Å². The van der Waals surface area contributed by atoms with Crippen molar-refractivity contribution < 1.29 is 14.3 Å². The first kappa shape index (κ1) is 19.5. The summed E-state index contributed by atoms with van der Waals surface area (Å²) in [5.74, 6) is 0.874. The number of hydrazone groups is 1. The number of hydrogen-bond donors (Lipinski definition) is 1. The molecule has 0 atom stereocenters. The number of hydrogen-bond acceptors (Lipinski definition) is 4. The van der Waals surface area contributed by atoms with Crippen LogP contribution in [0.5, 0.6) is 11.5 Å². The summed E-state index contributed by atoms with van der Waals surface area (Å²) >= 11 is 6.12. The summed E-state index contributed by atoms with van der Waals surface area (Å²) in [6.07, 6.45) is 1.56. The Balaban J connectivity index is 1.55. The zero-order chi connectivity index (χ0) is 19.8. The second-order valence-corrected chi connectivity index (χ2v) is 6.26. The highest BCUT2D eigenvalue weighted by Gasteiger charge is 2.09. The van der Waals surface area contributed by atoms with E-state index in [0.29, 0.717) is 22.9 Å². The predicted molar refractivity (Wildman–Crippen MR) is 110 cm³/mol. The maximum atomic E-state index is 12.2. The number of carbonyl (C=O) groups excluding carboxylic acids is 1. The van der Waals surface area contributed by atoms with Crippen LogP contribution in [0.25, 0.3) is 0 Å². The number of rotatable bonds is 7. The molecule has 3 aromatic rings. The van der Waals surface area contributed by atoms with E-state index in [1.807, 2.05) is 48.5 Å². The predicted octanol–water partition coefficient (Wildman–Crippen LogP) is 4.69. The Bertz CT molecular complexity index is 972. The van der Waals surface area contributed by atoms with Gasteiger partial charge in [0.2, 0.25) is 0 Å². The van der Waals surface area contributed by atoms with Crippen LogP contribution in [0, 0.1) is 0 Å². The van der Waals surface area contributed by atoms with Crippen LogP contribution in [-0.4, -0.2) is 19.2 Å². The fraction of sp³-hybridized carbons (Fsp3) is 0.0909. The van der Waals surface area contributed by atoms with Gasteiger partial charge in [-0.2, -0.15) is 5.10 Å². The van der Waals surface area contributed by atoms with Gasteiger partial charge in [0.05, 0.1) is 18.9 Å². The molecule has 5 nitrogen and oxygen atoms in total. The lowest BCUT2D eigenvalue weighted by Gasteiger charge is -2.08. The van der Waals surface area contributed by atoms with E-state index in [4.69, 9.17) is 21.1 Å². The van der Waals surface area contributed by atoms with Crippen LogP contribution >= 0.6 is 11.6 Å². The Morgan fingerprint density at radius 3 is 2.50 bits per heavy atom. The Morgan fingerprint density at radius 2 is 1.75 bits per heavy atom.